The van der Waals surface area contributed by atoms with E-state index < -0.39 is 10.0 Å². The van der Waals surface area contributed by atoms with Crippen molar-refractivity contribution in [3.63, 3.8) is 0 Å². The summed E-state index contributed by atoms with van der Waals surface area (Å²) in [5, 5.41) is 8.79. The van der Waals surface area contributed by atoms with Crippen molar-refractivity contribution >= 4 is 38.8 Å². The first kappa shape index (κ1) is 18.2. The number of fused-ring (bicyclic) bond motifs is 1. The minimum atomic E-state index is -3.50. The summed E-state index contributed by atoms with van der Waals surface area (Å²) in [5.74, 6) is 0.914. The van der Waals surface area contributed by atoms with E-state index >= 15 is 0 Å². The van der Waals surface area contributed by atoms with Crippen molar-refractivity contribution in [2.24, 2.45) is 0 Å². The molecule has 2 aromatic rings. The Morgan fingerprint density at radius 2 is 1.92 bits per heavy atom. The van der Waals surface area contributed by atoms with E-state index in [1.165, 1.54) is 18.4 Å². The number of hydrogen-bond acceptors (Lipinski definition) is 6. The summed E-state index contributed by atoms with van der Waals surface area (Å²) >= 11 is 6.93. The number of anilines is 1. The van der Waals surface area contributed by atoms with Crippen molar-refractivity contribution in [1.82, 2.24) is 14.9 Å². The maximum atomic E-state index is 12.4. The van der Waals surface area contributed by atoms with E-state index in [1.807, 2.05) is 0 Å². The Labute approximate surface area is 162 Å². The van der Waals surface area contributed by atoms with Crippen LogP contribution in [0.4, 0.5) is 5.82 Å². The minimum absolute atomic E-state index is 0.0669. The number of sulfonamides is 1. The molecule has 140 valence electrons. The predicted molar refractivity (Wildman–Crippen MR) is 104 cm³/mol. The second-order valence-electron chi connectivity index (χ2n) is 6.82. The zero-order chi connectivity index (χ0) is 18.1. The second kappa shape index (κ2) is 7.42. The zero-order valence-corrected chi connectivity index (χ0v) is 16.7. The Bertz CT molecular complexity index is 892. The van der Waals surface area contributed by atoms with Gasteiger partial charge < -0.3 is 4.90 Å². The van der Waals surface area contributed by atoms with Crippen molar-refractivity contribution < 1.29 is 8.42 Å². The lowest BCUT2D eigenvalue weighted by Gasteiger charge is -2.33. The highest BCUT2D eigenvalue weighted by atomic mass is 35.5. The summed E-state index contributed by atoms with van der Waals surface area (Å²) in [6.07, 6.45) is 6.02. The number of rotatable bonds is 4. The fourth-order valence-electron chi connectivity index (χ4n) is 3.58. The highest BCUT2D eigenvalue weighted by molar-refractivity contribution is 7.91. The predicted octanol–water partition coefficient (Wildman–Crippen LogP) is 3.02. The number of aryl methyl sites for hydroxylation is 2. The first-order valence-electron chi connectivity index (χ1n) is 8.89. The summed E-state index contributed by atoms with van der Waals surface area (Å²) in [7, 11) is -3.50. The standard InChI is InChI=1S/C17H21ClN4O2S2/c18-15-5-6-17(25-15)26(23,24)21-13-7-9-22(10-8-13)16-11-12-3-1-2-4-14(12)19-20-16/h5-6,11,13,21H,1-4,7-10H2. The Morgan fingerprint density at radius 3 is 2.65 bits per heavy atom. The maximum Gasteiger partial charge on any atom is 0.250 e. The van der Waals surface area contributed by atoms with Crippen molar-refractivity contribution in [3.05, 3.63) is 33.8 Å². The van der Waals surface area contributed by atoms with Gasteiger partial charge >= 0.3 is 0 Å². The number of aromatic nitrogens is 2. The van der Waals surface area contributed by atoms with Crippen LogP contribution in [0.15, 0.2) is 22.4 Å². The molecule has 0 amide bonds. The smallest absolute Gasteiger partial charge is 0.250 e. The molecule has 0 atom stereocenters. The van der Waals surface area contributed by atoms with Gasteiger partial charge in [0.1, 0.15) is 4.21 Å². The molecule has 2 aliphatic rings. The van der Waals surface area contributed by atoms with Crippen LogP contribution in [0.1, 0.15) is 36.9 Å². The SMILES string of the molecule is O=S(=O)(NC1CCN(c2cc3c(nn2)CCCC3)CC1)c1ccc(Cl)s1. The van der Waals surface area contributed by atoms with Crippen LogP contribution in [0.25, 0.3) is 0 Å². The normalized spacial score (nSPS) is 18.7. The van der Waals surface area contributed by atoms with Gasteiger partial charge in [0.05, 0.1) is 10.0 Å². The number of hydrogen-bond donors (Lipinski definition) is 1. The third-order valence-electron chi connectivity index (χ3n) is 5.01. The molecule has 9 heteroatoms. The molecule has 1 saturated heterocycles. The van der Waals surface area contributed by atoms with E-state index in [1.54, 1.807) is 12.1 Å². The van der Waals surface area contributed by atoms with E-state index in [0.29, 0.717) is 4.34 Å². The Kier molecular flexibility index (Phi) is 5.18. The minimum Gasteiger partial charge on any atom is -0.355 e. The Hall–Kier alpha value is -1.22. The average molecular weight is 413 g/mol. The van der Waals surface area contributed by atoms with Gasteiger partial charge in [-0.15, -0.1) is 16.4 Å². The number of piperidine rings is 1. The van der Waals surface area contributed by atoms with Crippen LogP contribution in [-0.4, -0.2) is 37.7 Å². The molecule has 1 fully saturated rings. The van der Waals surface area contributed by atoms with Gasteiger partial charge in [0.25, 0.3) is 0 Å². The molecule has 26 heavy (non-hydrogen) atoms. The molecule has 1 aliphatic heterocycles. The second-order valence-corrected chi connectivity index (χ2v) is 10.5. The molecule has 2 aromatic heterocycles. The van der Waals surface area contributed by atoms with Crippen molar-refractivity contribution in [3.8, 4) is 0 Å². The van der Waals surface area contributed by atoms with Crippen LogP contribution in [0.3, 0.4) is 0 Å². The van der Waals surface area contributed by atoms with Crippen molar-refractivity contribution in [1.29, 1.82) is 0 Å². The van der Waals surface area contributed by atoms with E-state index in [9.17, 15) is 8.42 Å². The summed E-state index contributed by atoms with van der Waals surface area (Å²) in [6, 6.07) is 5.26. The van der Waals surface area contributed by atoms with Crippen molar-refractivity contribution in [2.45, 2.75) is 48.8 Å². The van der Waals surface area contributed by atoms with Gasteiger partial charge in [-0.2, -0.15) is 5.10 Å². The van der Waals surface area contributed by atoms with E-state index in [0.717, 1.165) is 61.6 Å². The monoisotopic (exact) mass is 412 g/mol. The summed E-state index contributed by atoms with van der Waals surface area (Å²) in [4.78, 5) is 2.20. The Balaban J connectivity index is 1.38. The Morgan fingerprint density at radius 1 is 1.15 bits per heavy atom. The summed E-state index contributed by atoms with van der Waals surface area (Å²) < 4.78 is 28.4. The van der Waals surface area contributed by atoms with Gasteiger partial charge in [0.2, 0.25) is 10.0 Å². The van der Waals surface area contributed by atoms with Crippen LogP contribution < -0.4 is 9.62 Å². The van der Waals surface area contributed by atoms with Gasteiger partial charge in [-0.05, 0) is 62.3 Å². The quantitative estimate of drug-likeness (QED) is 0.835. The van der Waals surface area contributed by atoms with E-state index in [4.69, 9.17) is 11.6 Å². The molecule has 0 bridgehead atoms. The molecular formula is C17H21ClN4O2S2. The molecule has 4 rings (SSSR count). The third-order valence-corrected chi connectivity index (χ3v) is 8.25. The zero-order valence-electron chi connectivity index (χ0n) is 14.3. The fourth-order valence-corrected chi connectivity index (χ4v) is 6.38. The average Bonchev–Trinajstić information content (AvgIpc) is 3.09. The van der Waals surface area contributed by atoms with Crippen LogP contribution in [0.2, 0.25) is 4.34 Å². The summed E-state index contributed by atoms with van der Waals surface area (Å²) in [5.41, 5.74) is 2.45. The van der Waals surface area contributed by atoms with Crippen LogP contribution in [0, 0.1) is 0 Å². The third kappa shape index (κ3) is 3.88. The molecular weight excluding hydrogens is 392 g/mol. The van der Waals surface area contributed by atoms with Crippen LogP contribution in [-0.2, 0) is 22.9 Å². The van der Waals surface area contributed by atoms with Crippen LogP contribution >= 0.6 is 22.9 Å². The number of nitrogens with one attached hydrogen (secondary N) is 1. The highest BCUT2D eigenvalue weighted by Gasteiger charge is 2.26. The van der Waals surface area contributed by atoms with Gasteiger partial charge in [0, 0.05) is 19.1 Å². The lowest BCUT2D eigenvalue weighted by atomic mass is 9.96. The lowest BCUT2D eigenvalue weighted by Crippen LogP contribution is -2.44. The van der Waals surface area contributed by atoms with Gasteiger partial charge in [-0.25, -0.2) is 13.1 Å². The molecule has 0 saturated carbocycles. The molecule has 6 nitrogen and oxygen atoms in total. The molecule has 0 unspecified atom stereocenters. The molecule has 0 aromatic carbocycles. The van der Waals surface area contributed by atoms with Crippen LogP contribution in [0.5, 0.6) is 0 Å². The van der Waals surface area contributed by atoms with E-state index in [2.05, 4.69) is 25.9 Å². The first-order valence-corrected chi connectivity index (χ1v) is 11.6. The summed E-state index contributed by atoms with van der Waals surface area (Å²) in [6.45, 7) is 1.54. The molecule has 0 spiro atoms. The van der Waals surface area contributed by atoms with Gasteiger partial charge in [0.15, 0.2) is 5.82 Å². The van der Waals surface area contributed by atoms with Gasteiger partial charge in [-0.3, -0.25) is 0 Å². The number of halogens is 1. The molecule has 1 aliphatic carbocycles. The molecule has 1 N–H and O–H groups in total. The lowest BCUT2D eigenvalue weighted by molar-refractivity contribution is 0.457. The maximum absolute atomic E-state index is 12.4. The van der Waals surface area contributed by atoms with E-state index in [-0.39, 0.29) is 10.3 Å². The topological polar surface area (TPSA) is 75.2 Å². The van der Waals surface area contributed by atoms with Gasteiger partial charge in [-0.1, -0.05) is 11.6 Å². The number of nitrogens with zero attached hydrogens (tertiary/aromatic N) is 3. The largest absolute Gasteiger partial charge is 0.355 e. The first-order chi connectivity index (χ1) is 12.5. The molecule has 3 heterocycles. The highest BCUT2D eigenvalue weighted by Crippen LogP contribution is 2.27. The number of thiophene rings is 1. The molecule has 0 radical (unpaired) electrons. The fraction of sp³-hybridized carbons (Fsp3) is 0.529. The van der Waals surface area contributed by atoms with Crippen molar-refractivity contribution in [2.75, 3.05) is 18.0 Å².